The van der Waals surface area contributed by atoms with Crippen LogP contribution in [0.1, 0.15) is 30.5 Å². The molecular weight excluding hydrogens is 340 g/mol. The molecule has 0 amide bonds. The monoisotopic (exact) mass is 372 g/mol. The molecule has 28 heavy (non-hydrogen) atoms. The van der Waals surface area contributed by atoms with Crippen LogP contribution < -0.4 is 9.80 Å². The molecule has 3 rings (SSSR count). The lowest BCUT2D eigenvalue weighted by atomic mass is 10.0. The van der Waals surface area contributed by atoms with E-state index in [2.05, 4.69) is 116 Å². The van der Waals surface area contributed by atoms with Crippen LogP contribution >= 0.6 is 0 Å². The summed E-state index contributed by atoms with van der Waals surface area (Å²) < 4.78 is 0. The molecule has 3 aromatic rings. The minimum absolute atomic E-state index is 0.420. The number of hydrogen-bond donors (Lipinski definition) is 0. The molecule has 3 aromatic carbocycles. The Morgan fingerprint density at radius 1 is 0.750 bits per heavy atom. The summed E-state index contributed by atoms with van der Waals surface area (Å²) in [5.41, 5.74) is 6.59. The van der Waals surface area contributed by atoms with Crippen molar-refractivity contribution in [1.82, 2.24) is 0 Å². The fraction of sp³-hybridized carbons (Fsp3) is 0.308. The molecule has 146 valence electrons. The van der Waals surface area contributed by atoms with E-state index in [0.717, 1.165) is 19.5 Å². The number of para-hydroxylation sites is 1. The van der Waals surface area contributed by atoms with Crippen molar-refractivity contribution >= 4 is 11.4 Å². The number of benzene rings is 3. The van der Waals surface area contributed by atoms with E-state index in [-0.39, 0.29) is 0 Å². The lowest BCUT2D eigenvalue weighted by molar-refractivity contribution is 0.651. The van der Waals surface area contributed by atoms with E-state index in [4.69, 9.17) is 0 Å². The first kappa shape index (κ1) is 20.0. The first-order valence-corrected chi connectivity index (χ1v) is 10.2. The van der Waals surface area contributed by atoms with Crippen LogP contribution in [0, 0.1) is 6.92 Å². The predicted octanol–water partition coefficient (Wildman–Crippen LogP) is 5.94. The molecule has 0 spiro atoms. The molecule has 2 heteroatoms. The van der Waals surface area contributed by atoms with Gasteiger partial charge in [-0.2, -0.15) is 0 Å². The summed E-state index contributed by atoms with van der Waals surface area (Å²) in [6.07, 6.45) is 0.984. The Labute approximate surface area is 170 Å². The van der Waals surface area contributed by atoms with Crippen LogP contribution in [0.5, 0.6) is 0 Å². The molecule has 0 aliphatic heterocycles. The van der Waals surface area contributed by atoms with Gasteiger partial charge >= 0.3 is 0 Å². The van der Waals surface area contributed by atoms with Gasteiger partial charge in [0.15, 0.2) is 0 Å². The normalized spacial score (nSPS) is 11.9. The van der Waals surface area contributed by atoms with Crippen molar-refractivity contribution in [3.8, 4) is 0 Å². The standard InChI is InChI=1S/C26H32N2/c1-5-28(26-9-7-6-8-10-26)20-22(3)27(4)25-17-15-24(16-18-25)19-23-13-11-21(2)12-14-23/h6-18,22H,5,19-20H2,1-4H3. The zero-order valence-electron chi connectivity index (χ0n) is 17.6. The van der Waals surface area contributed by atoms with Crippen molar-refractivity contribution in [2.45, 2.75) is 33.2 Å². The number of anilines is 2. The summed E-state index contributed by atoms with van der Waals surface area (Å²) in [7, 11) is 2.19. The maximum absolute atomic E-state index is 2.44. The lowest BCUT2D eigenvalue weighted by Crippen LogP contribution is -2.40. The van der Waals surface area contributed by atoms with Crippen LogP contribution in [0.2, 0.25) is 0 Å². The summed E-state index contributed by atoms with van der Waals surface area (Å²) >= 11 is 0. The molecule has 0 saturated carbocycles. The third-order valence-corrected chi connectivity index (χ3v) is 5.52. The Balaban J connectivity index is 1.63. The van der Waals surface area contributed by atoms with Gasteiger partial charge in [-0.05, 0) is 62.6 Å². The molecule has 0 bridgehead atoms. The van der Waals surface area contributed by atoms with Crippen LogP contribution in [-0.2, 0) is 6.42 Å². The highest BCUT2D eigenvalue weighted by molar-refractivity contribution is 5.50. The van der Waals surface area contributed by atoms with Crippen molar-refractivity contribution in [2.75, 3.05) is 29.9 Å². The zero-order chi connectivity index (χ0) is 19.9. The second-order valence-corrected chi connectivity index (χ2v) is 7.66. The maximum atomic E-state index is 2.44. The smallest absolute Gasteiger partial charge is 0.0433 e. The van der Waals surface area contributed by atoms with Crippen LogP contribution in [0.25, 0.3) is 0 Å². The molecule has 0 N–H and O–H groups in total. The van der Waals surface area contributed by atoms with Gasteiger partial charge in [-0.1, -0.05) is 60.2 Å². The number of aryl methyl sites for hydroxylation is 1. The van der Waals surface area contributed by atoms with Crippen LogP contribution in [0.4, 0.5) is 11.4 Å². The fourth-order valence-electron chi connectivity index (χ4n) is 3.54. The van der Waals surface area contributed by atoms with Crippen LogP contribution in [0.15, 0.2) is 78.9 Å². The Morgan fingerprint density at radius 3 is 1.89 bits per heavy atom. The van der Waals surface area contributed by atoms with Crippen molar-refractivity contribution < 1.29 is 0 Å². The largest absolute Gasteiger partial charge is 0.370 e. The van der Waals surface area contributed by atoms with E-state index in [9.17, 15) is 0 Å². The topological polar surface area (TPSA) is 6.48 Å². The van der Waals surface area contributed by atoms with Gasteiger partial charge in [0.2, 0.25) is 0 Å². The Bertz CT molecular complexity index is 838. The second-order valence-electron chi connectivity index (χ2n) is 7.66. The lowest BCUT2D eigenvalue weighted by Gasteiger charge is -2.33. The molecular formula is C26H32N2. The van der Waals surface area contributed by atoms with Gasteiger partial charge in [0.1, 0.15) is 0 Å². The summed E-state index contributed by atoms with van der Waals surface area (Å²) in [5.74, 6) is 0. The molecule has 0 heterocycles. The van der Waals surface area contributed by atoms with E-state index in [1.807, 2.05) is 0 Å². The first-order valence-electron chi connectivity index (χ1n) is 10.2. The molecule has 2 nitrogen and oxygen atoms in total. The molecule has 0 aliphatic rings. The second kappa shape index (κ2) is 9.45. The van der Waals surface area contributed by atoms with E-state index >= 15 is 0 Å². The average molecular weight is 373 g/mol. The molecule has 0 aliphatic carbocycles. The summed E-state index contributed by atoms with van der Waals surface area (Å²) in [6.45, 7) is 8.66. The number of rotatable bonds is 8. The highest BCUT2D eigenvalue weighted by atomic mass is 15.2. The van der Waals surface area contributed by atoms with E-state index in [1.165, 1.54) is 28.1 Å². The summed E-state index contributed by atoms with van der Waals surface area (Å²) in [4.78, 5) is 4.81. The first-order chi connectivity index (χ1) is 13.6. The van der Waals surface area contributed by atoms with Crippen molar-refractivity contribution in [1.29, 1.82) is 0 Å². The minimum atomic E-state index is 0.420. The van der Waals surface area contributed by atoms with E-state index < -0.39 is 0 Å². The summed E-state index contributed by atoms with van der Waals surface area (Å²) in [5, 5.41) is 0. The van der Waals surface area contributed by atoms with Crippen molar-refractivity contribution in [2.24, 2.45) is 0 Å². The highest BCUT2D eigenvalue weighted by Crippen LogP contribution is 2.20. The molecule has 0 aromatic heterocycles. The number of nitrogens with zero attached hydrogens (tertiary/aromatic N) is 2. The van der Waals surface area contributed by atoms with Crippen molar-refractivity contribution in [3.05, 3.63) is 95.6 Å². The fourth-order valence-corrected chi connectivity index (χ4v) is 3.54. The predicted molar refractivity (Wildman–Crippen MR) is 123 cm³/mol. The minimum Gasteiger partial charge on any atom is -0.370 e. The van der Waals surface area contributed by atoms with Gasteiger partial charge < -0.3 is 9.80 Å². The molecule has 1 unspecified atom stereocenters. The number of hydrogen-bond acceptors (Lipinski definition) is 2. The third-order valence-electron chi connectivity index (χ3n) is 5.52. The zero-order valence-corrected chi connectivity index (χ0v) is 17.6. The Morgan fingerprint density at radius 2 is 1.32 bits per heavy atom. The molecule has 0 fully saturated rings. The Hall–Kier alpha value is -2.74. The maximum Gasteiger partial charge on any atom is 0.0433 e. The highest BCUT2D eigenvalue weighted by Gasteiger charge is 2.14. The SMILES string of the molecule is CCN(CC(C)N(C)c1ccc(Cc2ccc(C)cc2)cc1)c1ccccc1. The van der Waals surface area contributed by atoms with Crippen molar-refractivity contribution in [3.63, 3.8) is 0 Å². The summed E-state index contributed by atoms with van der Waals surface area (Å²) in [6, 6.07) is 28.9. The van der Waals surface area contributed by atoms with E-state index in [0.29, 0.717) is 6.04 Å². The average Bonchev–Trinajstić information content (AvgIpc) is 2.74. The van der Waals surface area contributed by atoms with Gasteiger partial charge in [0.25, 0.3) is 0 Å². The molecule has 0 saturated heterocycles. The van der Waals surface area contributed by atoms with Gasteiger partial charge in [-0.3, -0.25) is 0 Å². The molecule has 1 atom stereocenters. The number of likely N-dealkylation sites (N-methyl/N-ethyl adjacent to an activating group) is 2. The van der Waals surface area contributed by atoms with Gasteiger partial charge in [0.05, 0.1) is 0 Å². The molecule has 0 radical (unpaired) electrons. The quantitative estimate of drug-likeness (QED) is 0.483. The Kier molecular flexibility index (Phi) is 6.76. The van der Waals surface area contributed by atoms with Gasteiger partial charge in [-0.25, -0.2) is 0 Å². The van der Waals surface area contributed by atoms with Crippen LogP contribution in [-0.4, -0.2) is 26.2 Å². The van der Waals surface area contributed by atoms with Gasteiger partial charge in [-0.15, -0.1) is 0 Å². The van der Waals surface area contributed by atoms with Crippen LogP contribution in [0.3, 0.4) is 0 Å². The van der Waals surface area contributed by atoms with Gasteiger partial charge in [0, 0.05) is 37.6 Å². The third kappa shape index (κ3) is 5.16. The van der Waals surface area contributed by atoms with E-state index in [1.54, 1.807) is 0 Å².